The van der Waals surface area contributed by atoms with Gasteiger partial charge in [0.1, 0.15) is 4.33 Å². The zero-order valence-electron chi connectivity index (χ0n) is 4.22. The molecular formula is C4H5Cl2F2. The van der Waals surface area contributed by atoms with Gasteiger partial charge in [-0.1, -0.05) is 0 Å². The zero-order chi connectivity index (χ0) is 6.78. The molecule has 0 nitrogen and oxygen atoms in total. The van der Waals surface area contributed by atoms with Crippen LogP contribution < -0.4 is 0 Å². The molecule has 0 saturated heterocycles. The molecule has 0 spiro atoms. The highest BCUT2D eigenvalue weighted by Gasteiger charge is 2.23. The van der Waals surface area contributed by atoms with E-state index in [-0.39, 0.29) is 0 Å². The van der Waals surface area contributed by atoms with E-state index in [4.69, 9.17) is 23.2 Å². The number of rotatable bonds is 2. The Morgan fingerprint density at radius 2 is 1.88 bits per heavy atom. The maximum absolute atomic E-state index is 11.3. The molecule has 0 amide bonds. The van der Waals surface area contributed by atoms with E-state index in [9.17, 15) is 8.78 Å². The van der Waals surface area contributed by atoms with E-state index < -0.39 is 17.2 Å². The maximum Gasteiger partial charge on any atom is 0.313 e. The molecular weight excluding hydrogens is 157 g/mol. The third-order valence-corrected chi connectivity index (χ3v) is 0.711. The lowest BCUT2D eigenvalue weighted by Crippen LogP contribution is -2.06. The fourth-order valence-corrected chi connectivity index (χ4v) is 0.437. The Morgan fingerprint density at radius 1 is 1.50 bits per heavy atom. The second kappa shape index (κ2) is 2.83. The van der Waals surface area contributed by atoms with Crippen LogP contribution in [0.5, 0.6) is 0 Å². The first-order chi connectivity index (χ1) is 3.42. The van der Waals surface area contributed by atoms with Crippen LogP contribution in [0.25, 0.3) is 0 Å². The van der Waals surface area contributed by atoms with E-state index in [1.165, 1.54) is 6.92 Å². The van der Waals surface area contributed by atoms with Gasteiger partial charge < -0.3 is 0 Å². The molecule has 0 bridgehead atoms. The topological polar surface area (TPSA) is 0 Å². The zero-order valence-corrected chi connectivity index (χ0v) is 5.73. The summed E-state index contributed by atoms with van der Waals surface area (Å²) in [6.07, 6.45) is -2.30. The highest BCUT2D eigenvalue weighted by atomic mass is 35.5. The van der Waals surface area contributed by atoms with Crippen LogP contribution in [0.1, 0.15) is 13.3 Å². The molecule has 0 aliphatic rings. The van der Waals surface area contributed by atoms with E-state index >= 15 is 0 Å². The van der Waals surface area contributed by atoms with Crippen molar-refractivity contribution >= 4 is 23.2 Å². The van der Waals surface area contributed by atoms with Gasteiger partial charge in [0.15, 0.2) is 0 Å². The van der Waals surface area contributed by atoms with Crippen molar-refractivity contribution in [1.29, 1.82) is 0 Å². The Bertz CT molecular complexity index is 66.9. The van der Waals surface area contributed by atoms with E-state index in [0.717, 1.165) is 0 Å². The Labute approximate surface area is 56.8 Å². The third-order valence-electron chi connectivity index (χ3n) is 0.444. The van der Waals surface area contributed by atoms with Crippen LogP contribution in [-0.2, 0) is 0 Å². The summed E-state index contributed by atoms with van der Waals surface area (Å²) in [5.74, 6) is 0. The van der Waals surface area contributed by atoms with Gasteiger partial charge >= 0.3 is 6.43 Å². The Morgan fingerprint density at radius 3 is 1.88 bits per heavy atom. The smallest absolute Gasteiger partial charge is 0.200 e. The fourth-order valence-electron chi connectivity index (χ4n) is 0.235. The van der Waals surface area contributed by atoms with Crippen LogP contribution in [0, 0.1) is 6.43 Å². The minimum absolute atomic E-state index is 0.559. The number of alkyl halides is 2. The second-order valence-electron chi connectivity index (χ2n) is 1.59. The Balaban J connectivity index is 3.39. The molecule has 1 radical (unpaired) electrons. The van der Waals surface area contributed by atoms with Crippen LogP contribution >= 0.6 is 23.2 Å². The number of hydrogen-bond donors (Lipinski definition) is 0. The highest BCUT2D eigenvalue weighted by molar-refractivity contribution is 6.48. The van der Waals surface area contributed by atoms with Crippen LogP contribution in [-0.4, -0.2) is 4.33 Å². The third kappa shape index (κ3) is 6.44. The van der Waals surface area contributed by atoms with Crippen molar-refractivity contribution in [3.8, 4) is 0 Å². The number of halogens is 4. The normalized spacial score (nSPS) is 12.8. The van der Waals surface area contributed by atoms with Crippen molar-refractivity contribution in [2.24, 2.45) is 0 Å². The molecule has 0 rings (SSSR count). The summed E-state index contributed by atoms with van der Waals surface area (Å²) < 4.78 is 21.2. The van der Waals surface area contributed by atoms with Crippen molar-refractivity contribution in [3.63, 3.8) is 0 Å². The highest BCUT2D eigenvalue weighted by Crippen LogP contribution is 2.30. The van der Waals surface area contributed by atoms with Gasteiger partial charge in [-0.05, 0) is 6.92 Å². The van der Waals surface area contributed by atoms with Gasteiger partial charge in [0, 0.05) is 0 Å². The lowest BCUT2D eigenvalue weighted by Gasteiger charge is -2.09. The largest absolute Gasteiger partial charge is 0.313 e. The summed E-state index contributed by atoms with van der Waals surface area (Å²) in [6.45, 7) is 1.31. The van der Waals surface area contributed by atoms with Crippen molar-refractivity contribution < 1.29 is 8.78 Å². The predicted molar refractivity (Wildman–Crippen MR) is 30.2 cm³/mol. The SMILES string of the molecule is CC(Cl)(Cl)C[C](F)F. The molecule has 0 aliphatic carbocycles. The summed E-state index contributed by atoms with van der Waals surface area (Å²) in [5.41, 5.74) is 0. The van der Waals surface area contributed by atoms with Crippen LogP contribution in [0.4, 0.5) is 8.78 Å². The first-order valence-corrected chi connectivity index (χ1v) is 2.72. The fraction of sp³-hybridized carbons (Fsp3) is 0.750. The first kappa shape index (κ1) is 8.44. The van der Waals surface area contributed by atoms with Crippen LogP contribution in [0.15, 0.2) is 0 Å². The van der Waals surface area contributed by atoms with Crippen molar-refractivity contribution in [2.45, 2.75) is 17.7 Å². The Kier molecular flexibility index (Phi) is 2.99. The Hall–Kier alpha value is 0.440. The molecule has 0 aromatic heterocycles. The molecule has 49 valence electrons. The average molecular weight is 162 g/mol. The molecule has 0 unspecified atom stereocenters. The van der Waals surface area contributed by atoms with E-state index in [2.05, 4.69) is 0 Å². The van der Waals surface area contributed by atoms with Gasteiger partial charge in [0.25, 0.3) is 0 Å². The van der Waals surface area contributed by atoms with E-state index in [1.54, 1.807) is 0 Å². The second-order valence-corrected chi connectivity index (χ2v) is 3.45. The summed E-state index contributed by atoms with van der Waals surface area (Å²) in [6, 6.07) is 0. The van der Waals surface area contributed by atoms with Gasteiger partial charge in [0.05, 0.1) is 6.42 Å². The molecule has 0 atom stereocenters. The number of hydrogen-bond acceptors (Lipinski definition) is 0. The molecule has 0 N–H and O–H groups in total. The molecule has 8 heavy (non-hydrogen) atoms. The van der Waals surface area contributed by atoms with Crippen molar-refractivity contribution in [2.75, 3.05) is 0 Å². The van der Waals surface area contributed by atoms with Gasteiger partial charge in [0.2, 0.25) is 0 Å². The molecule has 0 heterocycles. The average Bonchev–Trinajstić information content (AvgIpc) is 1.21. The minimum Gasteiger partial charge on any atom is -0.200 e. The van der Waals surface area contributed by atoms with Crippen molar-refractivity contribution in [3.05, 3.63) is 6.43 Å². The maximum atomic E-state index is 11.3. The standard InChI is InChI=1S/C4H5Cl2F2/c1-4(5,6)2-3(7)8/h2H2,1H3. The molecule has 0 saturated carbocycles. The first-order valence-electron chi connectivity index (χ1n) is 1.96. The van der Waals surface area contributed by atoms with Gasteiger partial charge in [-0.25, -0.2) is 0 Å². The molecule has 0 fully saturated rings. The summed E-state index contributed by atoms with van der Waals surface area (Å²) >= 11 is 10.4. The van der Waals surface area contributed by atoms with Gasteiger partial charge in [-0.15, -0.1) is 23.2 Å². The van der Waals surface area contributed by atoms with Gasteiger partial charge in [-0.2, -0.15) is 8.78 Å². The molecule has 4 heteroatoms. The quantitative estimate of drug-likeness (QED) is 0.547. The monoisotopic (exact) mass is 161 g/mol. The van der Waals surface area contributed by atoms with E-state index in [1.807, 2.05) is 0 Å². The summed E-state index contributed by atoms with van der Waals surface area (Å²) in [7, 11) is 0. The summed E-state index contributed by atoms with van der Waals surface area (Å²) in [5, 5.41) is 0. The molecule has 0 aromatic rings. The summed E-state index contributed by atoms with van der Waals surface area (Å²) in [4.78, 5) is 0. The predicted octanol–water partition coefficient (Wildman–Crippen LogP) is 3.00. The van der Waals surface area contributed by atoms with Crippen molar-refractivity contribution in [1.82, 2.24) is 0 Å². The molecule has 0 aliphatic heterocycles. The lowest BCUT2D eigenvalue weighted by molar-refractivity contribution is 0.265. The van der Waals surface area contributed by atoms with E-state index in [0.29, 0.717) is 0 Å². The van der Waals surface area contributed by atoms with Crippen LogP contribution in [0.2, 0.25) is 0 Å². The van der Waals surface area contributed by atoms with Crippen LogP contribution in [0.3, 0.4) is 0 Å². The van der Waals surface area contributed by atoms with Gasteiger partial charge in [-0.3, -0.25) is 0 Å². The lowest BCUT2D eigenvalue weighted by atomic mass is 10.3. The minimum atomic E-state index is -1.74. The molecule has 0 aromatic carbocycles.